The summed E-state index contributed by atoms with van der Waals surface area (Å²) in [5, 5.41) is 1.29. The summed E-state index contributed by atoms with van der Waals surface area (Å²) in [7, 11) is -5.65. The van der Waals surface area contributed by atoms with E-state index >= 15 is 0 Å². The second kappa shape index (κ2) is 17.4. The lowest BCUT2D eigenvalue weighted by Gasteiger charge is -2.48. The first kappa shape index (κ1) is 39.0. The number of morpholine rings is 4. The molecule has 0 bridgehead atoms. The molecule has 3 aromatic carbocycles. The second-order valence-electron chi connectivity index (χ2n) is 15.0. The number of rotatable bonds is 9. The lowest BCUT2D eigenvalue weighted by atomic mass is 10.1. The van der Waals surface area contributed by atoms with E-state index in [4.69, 9.17) is 28.4 Å². The van der Waals surface area contributed by atoms with Crippen molar-refractivity contribution in [3.05, 3.63) is 114 Å². The minimum Gasteiger partial charge on any atom is -0.379 e. The van der Waals surface area contributed by atoms with Gasteiger partial charge >= 0.3 is 0 Å². The minimum atomic E-state index is -2.83. The highest BCUT2D eigenvalue weighted by molar-refractivity contribution is 7.72. The van der Waals surface area contributed by atoms with Crippen LogP contribution in [0.15, 0.2) is 113 Å². The van der Waals surface area contributed by atoms with Crippen molar-refractivity contribution < 1.29 is 18.9 Å². The summed E-state index contributed by atoms with van der Waals surface area (Å²) in [6.45, 7) is 16.0. The van der Waals surface area contributed by atoms with Gasteiger partial charge in [0.05, 0.1) is 75.1 Å². The monoisotopic (exact) mass is 807 g/mol. The fourth-order valence-corrected chi connectivity index (χ4v) is 17.5. The van der Waals surface area contributed by atoms with Crippen LogP contribution in [-0.4, -0.2) is 128 Å². The predicted molar refractivity (Wildman–Crippen MR) is 232 cm³/mol. The van der Waals surface area contributed by atoms with Crippen LogP contribution in [0.2, 0.25) is 0 Å². The first-order chi connectivity index (χ1) is 28.1. The Morgan fingerprint density at radius 1 is 0.456 bits per heavy atom. The maximum absolute atomic E-state index is 6.22. The number of aryl methyl sites for hydroxylation is 2. The number of fused-ring (bicyclic) bond motifs is 1. The SMILES string of the molecule is Cc1ccccc1N=P(c1c(-c2ccccc2)c(P(=Nc2ccccc2C)(N2CCOCC2)N2CCOCC2)n2ccccc12)(N1CCOCC1)N1CCOCC1. The average Bonchev–Trinajstić information content (AvgIpc) is 3.63. The fraction of sp³-hybridized carbons (Fsp3) is 0.409. The molecule has 13 heteroatoms. The van der Waals surface area contributed by atoms with Crippen molar-refractivity contribution in [1.29, 1.82) is 0 Å². The maximum atomic E-state index is 6.22. The van der Waals surface area contributed by atoms with Gasteiger partial charge in [-0.3, -0.25) is 0 Å². The molecule has 11 nitrogen and oxygen atoms in total. The van der Waals surface area contributed by atoms with Crippen LogP contribution in [0.5, 0.6) is 0 Å². The van der Waals surface area contributed by atoms with Gasteiger partial charge in [0, 0.05) is 64.1 Å². The Labute approximate surface area is 337 Å². The van der Waals surface area contributed by atoms with Gasteiger partial charge in [0.1, 0.15) is 20.1 Å². The maximum Gasteiger partial charge on any atom is 0.150 e. The highest BCUT2D eigenvalue weighted by Crippen LogP contribution is 2.64. The van der Waals surface area contributed by atoms with Gasteiger partial charge in [0.2, 0.25) is 0 Å². The van der Waals surface area contributed by atoms with Crippen molar-refractivity contribution in [2.24, 2.45) is 9.49 Å². The smallest absolute Gasteiger partial charge is 0.150 e. The molecule has 5 aromatic rings. The lowest BCUT2D eigenvalue weighted by molar-refractivity contribution is 0.0578. The molecule has 0 saturated carbocycles. The number of ether oxygens (including phenoxy) is 4. The quantitative estimate of drug-likeness (QED) is 0.142. The number of benzene rings is 3. The Hall–Kier alpha value is -3.44. The fourth-order valence-electron chi connectivity index (χ4n) is 8.89. The number of pyridine rings is 1. The molecular formula is C44H55N7O4P2. The molecule has 4 fully saturated rings. The van der Waals surface area contributed by atoms with E-state index < -0.39 is 14.7 Å². The highest BCUT2D eigenvalue weighted by atomic mass is 31.2. The third-order valence-electron chi connectivity index (χ3n) is 11.7. The molecule has 0 aliphatic carbocycles. The summed E-state index contributed by atoms with van der Waals surface area (Å²) in [6.07, 6.45) is 2.30. The third kappa shape index (κ3) is 7.31. The third-order valence-corrected chi connectivity index (χ3v) is 19.5. The van der Waals surface area contributed by atoms with E-state index in [9.17, 15) is 0 Å². The molecule has 0 unspecified atom stereocenters. The molecule has 0 amide bonds. The predicted octanol–water partition coefficient (Wildman–Crippen LogP) is 7.53. The van der Waals surface area contributed by atoms with Gasteiger partial charge in [0.25, 0.3) is 0 Å². The van der Waals surface area contributed by atoms with Crippen molar-refractivity contribution >= 4 is 42.3 Å². The largest absolute Gasteiger partial charge is 0.379 e. The van der Waals surface area contributed by atoms with Gasteiger partial charge < -0.3 is 23.3 Å². The van der Waals surface area contributed by atoms with E-state index in [1.54, 1.807) is 0 Å². The van der Waals surface area contributed by atoms with E-state index in [0.717, 1.165) is 63.7 Å². The Bertz CT molecular complexity index is 2090. The van der Waals surface area contributed by atoms with Gasteiger partial charge in [0.15, 0.2) is 0 Å². The zero-order chi connectivity index (χ0) is 38.7. The van der Waals surface area contributed by atoms with E-state index in [1.165, 1.54) is 38.5 Å². The molecule has 300 valence electrons. The molecule has 0 atom stereocenters. The van der Waals surface area contributed by atoms with Crippen LogP contribution in [0, 0.1) is 13.8 Å². The molecule has 4 aliphatic rings. The molecule has 6 heterocycles. The van der Waals surface area contributed by atoms with Crippen LogP contribution in [-0.2, 0) is 18.9 Å². The molecule has 0 radical (unpaired) electrons. The van der Waals surface area contributed by atoms with E-state index in [1.807, 2.05) is 0 Å². The molecule has 9 rings (SSSR count). The molecule has 4 aliphatic heterocycles. The first-order valence-electron chi connectivity index (χ1n) is 20.5. The normalized spacial score (nSPS) is 19.8. The molecular weight excluding hydrogens is 752 g/mol. The summed E-state index contributed by atoms with van der Waals surface area (Å²) in [4.78, 5) is 0. The van der Waals surface area contributed by atoms with Crippen LogP contribution in [0.25, 0.3) is 16.6 Å². The zero-order valence-electron chi connectivity index (χ0n) is 33.3. The summed E-state index contributed by atoms with van der Waals surface area (Å²) in [5.74, 6) is 0. The van der Waals surface area contributed by atoms with Crippen molar-refractivity contribution in [2.75, 3.05) is 105 Å². The Balaban J connectivity index is 1.51. The summed E-state index contributed by atoms with van der Waals surface area (Å²) in [5.41, 5.74) is 9.26. The van der Waals surface area contributed by atoms with Crippen molar-refractivity contribution in [3.8, 4) is 11.1 Å². The van der Waals surface area contributed by atoms with Gasteiger partial charge in [-0.15, -0.1) is 0 Å². The van der Waals surface area contributed by atoms with Crippen molar-refractivity contribution in [3.63, 3.8) is 0 Å². The number of nitrogens with zero attached hydrogens (tertiary/aromatic N) is 7. The molecule has 0 spiro atoms. The van der Waals surface area contributed by atoms with Gasteiger partial charge in [-0.05, 0) is 54.8 Å². The average molecular weight is 808 g/mol. The van der Waals surface area contributed by atoms with Crippen LogP contribution in [0.3, 0.4) is 0 Å². The second-order valence-corrected chi connectivity index (χ2v) is 20.8. The van der Waals surface area contributed by atoms with Crippen molar-refractivity contribution in [2.45, 2.75) is 13.8 Å². The van der Waals surface area contributed by atoms with Crippen molar-refractivity contribution in [1.82, 2.24) is 23.1 Å². The van der Waals surface area contributed by atoms with Crippen LogP contribution >= 0.6 is 14.7 Å². The van der Waals surface area contributed by atoms with E-state index in [0.29, 0.717) is 52.9 Å². The standard InChI is InChI=1S/C44H55N7O4P2/c1-36-12-6-8-16-39(36)45-56(47-20-28-52-29-21-47,48-22-30-53-31-23-48)43-41-18-10-11-19-51(41)44(42(43)38-14-4-3-5-15-38)57(49-24-32-54-33-25-49,50-26-34-55-35-27-50)46-40-17-9-7-13-37(40)2/h3-19H,20-35H2,1-2H3. The Kier molecular flexibility index (Phi) is 11.9. The first-order valence-corrected chi connectivity index (χ1v) is 23.8. The molecule has 0 N–H and O–H groups in total. The summed E-state index contributed by atoms with van der Waals surface area (Å²) < 4.78 is 50.3. The van der Waals surface area contributed by atoms with Crippen LogP contribution in [0.1, 0.15) is 11.1 Å². The number of aromatic nitrogens is 1. The minimum absolute atomic E-state index is 0.660. The molecule has 4 saturated heterocycles. The van der Waals surface area contributed by atoms with Crippen LogP contribution in [0.4, 0.5) is 11.4 Å². The van der Waals surface area contributed by atoms with Crippen LogP contribution < -0.4 is 10.7 Å². The van der Waals surface area contributed by atoms with E-state index in [-0.39, 0.29) is 0 Å². The topological polar surface area (TPSA) is 79.0 Å². The highest BCUT2D eigenvalue weighted by Gasteiger charge is 2.48. The molecule has 57 heavy (non-hydrogen) atoms. The van der Waals surface area contributed by atoms with Gasteiger partial charge in [-0.2, -0.15) is 0 Å². The number of hydrogen-bond acceptors (Lipinski definition) is 6. The summed E-state index contributed by atoms with van der Waals surface area (Å²) in [6, 6.07) is 35.2. The van der Waals surface area contributed by atoms with E-state index in [2.05, 4.69) is 140 Å². The zero-order valence-corrected chi connectivity index (χ0v) is 35.1. The van der Waals surface area contributed by atoms with Gasteiger partial charge in [-0.25, -0.2) is 28.2 Å². The summed E-state index contributed by atoms with van der Waals surface area (Å²) >= 11 is 0. The lowest BCUT2D eigenvalue weighted by Crippen LogP contribution is -2.48. The Morgan fingerprint density at radius 2 is 0.860 bits per heavy atom. The molecule has 2 aromatic heterocycles. The number of hydrogen-bond donors (Lipinski definition) is 0. The Morgan fingerprint density at radius 3 is 1.33 bits per heavy atom. The van der Waals surface area contributed by atoms with Gasteiger partial charge in [-0.1, -0.05) is 72.8 Å².